The van der Waals surface area contributed by atoms with Crippen LogP contribution >= 0.6 is 28.1 Å². The van der Waals surface area contributed by atoms with Crippen LogP contribution in [-0.4, -0.2) is 11.9 Å². The molecule has 0 saturated carbocycles. The van der Waals surface area contributed by atoms with E-state index < -0.39 is 0 Å². The summed E-state index contributed by atoms with van der Waals surface area (Å²) in [5.74, 6) is 0. The molecule has 0 unspecified atom stereocenters. The Morgan fingerprint density at radius 3 is 2.30 bits per heavy atom. The van der Waals surface area contributed by atoms with E-state index in [0.717, 1.165) is 18.3 Å². The van der Waals surface area contributed by atoms with Gasteiger partial charge in [0.2, 0.25) is 0 Å². The van der Waals surface area contributed by atoms with Crippen LogP contribution in [0, 0.1) is 6.92 Å². The number of anilines is 3. The van der Waals surface area contributed by atoms with Crippen LogP contribution in [0.3, 0.4) is 0 Å². The molecule has 0 aliphatic carbocycles. The molecule has 2 aromatic carbocycles. The Morgan fingerprint density at radius 2 is 1.60 bits per heavy atom. The third-order valence-electron chi connectivity index (χ3n) is 3.38. The number of alkyl halides is 1. The summed E-state index contributed by atoms with van der Waals surface area (Å²) in [6.45, 7) is 3.22. The normalized spacial score (nSPS) is 13.7. The van der Waals surface area contributed by atoms with Crippen molar-refractivity contribution in [3.63, 3.8) is 0 Å². The minimum absolute atomic E-state index is 1.04. The third kappa shape index (κ3) is 2.54. The Balaban J connectivity index is 1.97. The van der Waals surface area contributed by atoms with E-state index in [-0.39, 0.29) is 0 Å². The van der Waals surface area contributed by atoms with Crippen LogP contribution in [0.4, 0.5) is 17.1 Å². The van der Waals surface area contributed by atoms with E-state index >= 15 is 0 Å². The number of rotatable bonds is 4. The van der Waals surface area contributed by atoms with Gasteiger partial charge in [-0.15, -0.1) is 0 Å². The Morgan fingerprint density at radius 1 is 0.950 bits per heavy atom. The minimum Gasteiger partial charge on any atom is -0.296 e. The second kappa shape index (κ2) is 6.10. The summed E-state index contributed by atoms with van der Waals surface area (Å²) in [6, 6.07) is 17.2. The first-order chi connectivity index (χ1) is 9.81. The maximum absolute atomic E-state index is 3.52. The summed E-state index contributed by atoms with van der Waals surface area (Å²) >= 11 is 5.31. The zero-order valence-electron chi connectivity index (χ0n) is 11.4. The van der Waals surface area contributed by atoms with Gasteiger partial charge >= 0.3 is 0 Å². The number of hydrogen-bond acceptors (Lipinski definition) is 3. The lowest BCUT2D eigenvalue weighted by Gasteiger charge is -2.20. The first-order valence-electron chi connectivity index (χ1n) is 6.77. The zero-order chi connectivity index (χ0) is 13.9. The molecule has 0 fully saturated rings. The highest BCUT2D eigenvalue weighted by molar-refractivity contribution is 9.09. The zero-order valence-corrected chi connectivity index (χ0v) is 13.8. The molecule has 2 aromatic rings. The average Bonchev–Trinajstić information content (AvgIpc) is 2.84. The topological polar surface area (TPSA) is 6.48 Å². The van der Waals surface area contributed by atoms with Crippen LogP contribution in [0.1, 0.15) is 12.0 Å². The largest absolute Gasteiger partial charge is 0.296 e. The smallest absolute Gasteiger partial charge is 0.0784 e. The molecule has 1 heterocycles. The van der Waals surface area contributed by atoms with E-state index in [9.17, 15) is 0 Å². The monoisotopic (exact) mass is 348 g/mol. The number of fused-ring (bicyclic) bond motifs is 1. The standard InChI is InChI=1S/C16H17BrN2S/c1-13-7-2-3-8-14(13)19-16-10-5-4-9-15(16)18(20-19)12-6-11-17/h2-5,7-10H,6,11-12H2,1H3. The molecule has 1 aliphatic heterocycles. The van der Waals surface area contributed by atoms with Gasteiger partial charge in [-0.25, -0.2) is 0 Å². The van der Waals surface area contributed by atoms with Gasteiger partial charge in [0, 0.05) is 11.9 Å². The molecule has 104 valence electrons. The van der Waals surface area contributed by atoms with Crippen molar-refractivity contribution < 1.29 is 0 Å². The molecule has 2 nitrogen and oxygen atoms in total. The average molecular weight is 349 g/mol. The SMILES string of the molecule is Cc1ccccc1N1SN(CCCBr)c2ccccc21. The first kappa shape index (κ1) is 13.8. The molecular formula is C16H17BrN2S. The van der Waals surface area contributed by atoms with E-state index in [0.29, 0.717) is 0 Å². The lowest BCUT2D eigenvalue weighted by molar-refractivity contribution is 0.952. The summed E-state index contributed by atoms with van der Waals surface area (Å²) in [5, 5.41) is 1.04. The molecule has 0 saturated heterocycles. The molecule has 0 spiro atoms. The first-order valence-corrected chi connectivity index (χ1v) is 8.63. The predicted molar refractivity (Wildman–Crippen MR) is 93.1 cm³/mol. The van der Waals surface area contributed by atoms with Crippen molar-refractivity contribution in [3.8, 4) is 0 Å². The van der Waals surface area contributed by atoms with Crippen LogP contribution in [0.15, 0.2) is 48.5 Å². The lowest BCUT2D eigenvalue weighted by Crippen LogP contribution is -2.15. The molecule has 1 aliphatic rings. The molecule has 0 radical (unpaired) electrons. The molecule has 0 bridgehead atoms. The van der Waals surface area contributed by atoms with E-state index in [2.05, 4.69) is 80.0 Å². The van der Waals surface area contributed by atoms with Crippen LogP contribution in [0.25, 0.3) is 0 Å². The van der Waals surface area contributed by atoms with Crippen molar-refractivity contribution in [1.29, 1.82) is 0 Å². The summed E-state index contributed by atoms with van der Waals surface area (Å²) in [7, 11) is 0. The van der Waals surface area contributed by atoms with Crippen LogP contribution in [-0.2, 0) is 0 Å². The van der Waals surface area contributed by atoms with E-state index in [1.807, 2.05) is 0 Å². The van der Waals surface area contributed by atoms with Gasteiger partial charge in [0.25, 0.3) is 0 Å². The Bertz CT molecular complexity index is 603. The molecule has 0 amide bonds. The molecule has 0 N–H and O–H groups in total. The number of para-hydroxylation sites is 3. The second-order valence-electron chi connectivity index (χ2n) is 4.80. The summed E-state index contributed by atoms with van der Waals surface area (Å²) in [6.07, 6.45) is 1.14. The summed E-state index contributed by atoms with van der Waals surface area (Å²) < 4.78 is 4.71. The number of hydrogen-bond donors (Lipinski definition) is 0. The van der Waals surface area contributed by atoms with Crippen molar-refractivity contribution in [2.24, 2.45) is 0 Å². The molecule has 0 aromatic heterocycles. The second-order valence-corrected chi connectivity index (χ2v) is 6.56. The van der Waals surface area contributed by atoms with Crippen molar-refractivity contribution >= 4 is 45.1 Å². The van der Waals surface area contributed by atoms with Gasteiger partial charge in [0.15, 0.2) is 0 Å². The molecule has 20 heavy (non-hydrogen) atoms. The molecule has 4 heteroatoms. The van der Waals surface area contributed by atoms with Crippen LogP contribution in [0.2, 0.25) is 0 Å². The molecule has 3 rings (SSSR count). The minimum atomic E-state index is 1.04. The number of benzene rings is 2. The van der Waals surface area contributed by atoms with E-state index in [4.69, 9.17) is 0 Å². The Labute approximate surface area is 133 Å². The van der Waals surface area contributed by atoms with Gasteiger partial charge in [-0.3, -0.25) is 8.61 Å². The number of aryl methyl sites for hydroxylation is 1. The van der Waals surface area contributed by atoms with Gasteiger partial charge in [0.05, 0.1) is 29.2 Å². The van der Waals surface area contributed by atoms with Crippen molar-refractivity contribution in [3.05, 3.63) is 54.1 Å². The Hall–Kier alpha value is -1.13. The fraction of sp³-hybridized carbons (Fsp3) is 0.250. The number of nitrogens with zero attached hydrogens (tertiary/aromatic N) is 2. The van der Waals surface area contributed by atoms with Crippen LogP contribution < -0.4 is 8.61 Å². The van der Waals surface area contributed by atoms with E-state index in [1.165, 1.54) is 22.6 Å². The molecular weight excluding hydrogens is 332 g/mol. The fourth-order valence-corrected chi connectivity index (χ4v) is 3.80. The third-order valence-corrected chi connectivity index (χ3v) is 5.07. The molecule has 0 atom stereocenters. The van der Waals surface area contributed by atoms with Crippen molar-refractivity contribution in [2.45, 2.75) is 13.3 Å². The van der Waals surface area contributed by atoms with Gasteiger partial charge in [-0.2, -0.15) is 0 Å². The van der Waals surface area contributed by atoms with E-state index in [1.54, 1.807) is 12.1 Å². The maximum atomic E-state index is 3.52. The summed E-state index contributed by atoms with van der Waals surface area (Å²) in [4.78, 5) is 0. The van der Waals surface area contributed by atoms with Gasteiger partial charge in [-0.1, -0.05) is 46.3 Å². The highest BCUT2D eigenvalue weighted by Gasteiger charge is 2.28. The predicted octanol–water partition coefficient (Wildman–Crippen LogP) is 5.30. The Kier molecular flexibility index (Phi) is 4.22. The fourth-order valence-electron chi connectivity index (χ4n) is 2.36. The van der Waals surface area contributed by atoms with Gasteiger partial charge < -0.3 is 0 Å². The lowest BCUT2D eigenvalue weighted by atomic mass is 10.2. The van der Waals surface area contributed by atoms with Crippen molar-refractivity contribution in [2.75, 3.05) is 20.5 Å². The highest BCUT2D eigenvalue weighted by atomic mass is 79.9. The number of halogens is 1. The maximum Gasteiger partial charge on any atom is 0.0784 e. The highest BCUT2D eigenvalue weighted by Crippen LogP contribution is 2.49. The quantitative estimate of drug-likeness (QED) is 0.546. The van der Waals surface area contributed by atoms with Crippen molar-refractivity contribution in [1.82, 2.24) is 0 Å². The van der Waals surface area contributed by atoms with Gasteiger partial charge in [-0.05, 0) is 37.1 Å². The van der Waals surface area contributed by atoms with Gasteiger partial charge in [0.1, 0.15) is 0 Å². The van der Waals surface area contributed by atoms with Crippen LogP contribution in [0.5, 0.6) is 0 Å². The summed E-state index contributed by atoms with van der Waals surface area (Å²) in [5.41, 5.74) is 5.16.